The lowest BCUT2D eigenvalue weighted by Gasteiger charge is -2.07. The molecule has 0 bridgehead atoms. The van der Waals surface area contributed by atoms with E-state index in [4.69, 9.17) is 28.9 Å². The Hall–Kier alpha value is -0.970. The SMILES string of the molecule is Cc1ccc(Cl)cc1Sc1ncnc(Cl)c1N. The van der Waals surface area contributed by atoms with Crippen molar-refractivity contribution in [1.82, 2.24) is 9.97 Å². The van der Waals surface area contributed by atoms with Crippen molar-refractivity contribution < 1.29 is 0 Å². The fourth-order valence-corrected chi connectivity index (χ4v) is 2.58. The number of benzene rings is 1. The summed E-state index contributed by atoms with van der Waals surface area (Å²) in [6, 6.07) is 5.66. The van der Waals surface area contributed by atoms with E-state index in [2.05, 4.69) is 9.97 Å². The highest BCUT2D eigenvalue weighted by molar-refractivity contribution is 7.99. The van der Waals surface area contributed by atoms with E-state index in [1.54, 1.807) is 0 Å². The van der Waals surface area contributed by atoms with Crippen LogP contribution in [0.2, 0.25) is 10.2 Å². The minimum absolute atomic E-state index is 0.266. The number of anilines is 1. The first-order valence-electron chi connectivity index (χ1n) is 4.78. The predicted octanol–water partition coefficient (Wildman–Crippen LogP) is 3.83. The zero-order valence-electron chi connectivity index (χ0n) is 8.95. The molecule has 0 spiro atoms. The number of nitrogens with zero attached hydrogens (tertiary/aromatic N) is 2. The quantitative estimate of drug-likeness (QED) is 0.852. The van der Waals surface area contributed by atoms with E-state index < -0.39 is 0 Å². The highest BCUT2D eigenvalue weighted by Gasteiger charge is 2.09. The molecule has 0 aliphatic carbocycles. The van der Waals surface area contributed by atoms with Crippen molar-refractivity contribution in [3.63, 3.8) is 0 Å². The largest absolute Gasteiger partial charge is 0.394 e. The van der Waals surface area contributed by atoms with Gasteiger partial charge in [0, 0.05) is 9.92 Å². The van der Waals surface area contributed by atoms with Gasteiger partial charge in [0.05, 0.1) is 0 Å². The number of rotatable bonds is 2. The molecule has 0 saturated carbocycles. The maximum atomic E-state index is 5.95. The second-order valence-electron chi connectivity index (χ2n) is 3.40. The summed E-state index contributed by atoms with van der Waals surface area (Å²) in [6.07, 6.45) is 1.39. The van der Waals surface area contributed by atoms with E-state index in [0.29, 0.717) is 15.7 Å². The Balaban J connectivity index is 2.38. The van der Waals surface area contributed by atoms with Gasteiger partial charge in [-0.1, -0.05) is 41.0 Å². The number of nitrogens with two attached hydrogens (primary N) is 1. The van der Waals surface area contributed by atoms with Crippen molar-refractivity contribution in [2.75, 3.05) is 5.73 Å². The molecule has 6 heteroatoms. The highest BCUT2D eigenvalue weighted by atomic mass is 35.5. The van der Waals surface area contributed by atoms with Crippen LogP contribution in [-0.2, 0) is 0 Å². The molecule has 88 valence electrons. The van der Waals surface area contributed by atoms with Crippen molar-refractivity contribution >= 4 is 40.7 Å². The van der Waals surface area contributed by atoms with Gasteiger partial charge < -0.3 is 5.73 Å². The number of hydrogen-bond donors (Lipinski definition) is 1. The predicted molar refractivity (Wildman–Crippen MR) is 71.8 cm³/mol. The first-order chi connectivity index (χ1) is 8.08. The molecule has 1 aromatic carbocycles. The second kappa shape index (κ2) is 5.12. The summed E-state index contributed by atoms with van der Waals surface area (Å²) < 4.78 is 0. The van der Waals surface area contributed by atoms with E-state index in [9.17, 15) is 0 Å². The minimum Gasteiger partial charge on any atom is -0.394 e. The molecule has 0 atom stereocenters. The molecule has 0 aliphatic rings. The van der Waals surface area contributed by atoms with Crippen LogP contribution in [0.25, 0.3) is 0 Å². The minimum atomic E-state index is 0.266. The van der Waals surface area contributed by atoms with Gasteiger partial charge in [-0.3, -0.25) is 0 Å². The molecule has 0 saturated heterocycles. The van der Waals surface area contributed by atoms with Crippen LogP contribution >= 0.6 is 35.0 Å². The fraction of sp³-hybridized carbons (Fsp3) is 0.0909. The molecule has 1 heterocycles. The van der Waals surface area contributed by atoms with Gasteiger partial charge in [-0.25, -0.2) is 9.97 Å². The number of halogens is 2. The monoisotopic (exact) mass is 285 g/mol. The van der Waals surface area contributed by atoms with Crippen LogP contribution < -0.4 is 5.73 Å². The standard InChI is InChI=1S/C11H9Cl2N3S/c1-6-2-3-7(12)4-8(6)17-11-9(14)10(13)15-5-16-11/h2-5H,14H2,1H3. The molecular weight excluding hydrogens is 277 g/mol. The van der Waals surface area contributed by atoms with E-state index in [0.717, 1.165) is 10.5 Å². The number of aryl methyl sites for hydroxylation is 1. The van der Waals surface area contributed by atoms with Crippen molar-refractivity contribution in [2.45, 2.75) is 16.8 Å². The summed E-state index contributed by atoms with van der Waals surface area (Å²) >= 11 is 13.2. The molecule has 1 aromatic heterocycles. The second-order valence-corrected chi connectivity index (χ2v) is 5.22. The third kappa shape index (κ3) is 2.83. The Morgan fingerprint density at radius 2 is 2.00 bits per heavy atom. The highest BCUT2D eigenvalue weighted by Crippen LogP contribution is 2.35. The number of aromatic nitrogens is 2. The molecule has 0 aliphatic heterocycles. The van der Waals surface area contributed by atoms with E-state index in [1.165, 1.54) is 18.1 Å². The van der Waals surface area contributed by atoms with Crippen LogP contribution in [-0.4, -0.2) is 9.97 Å². The smallest absolute Gasteiger partial charge is 0.156 e. The Bertz CT molecular complexity index is 560. The molecule has 2 aromatic rings. The van der Waals surface area contributed by atoms with Crippen molar-refractivity contribution in [2.24, 2.45) is 0 Å². The first kappa shape index (κ1) is 12.5. The van der Waals surface area contributed by atoms with Gasteiger partial charge in [-0.15, -0.1) is 0 Å². The summed E-state index contributed by atoms with van der Waals surface area (Å²) in [7, 11) is 0. The van der Waals surface area contributed by atoms with Gasteiger partial charge in [0.15, 0.2) is 5.15 Å². The summed E-state index contributed by atoms with van der Waals surface area (Å²) in [5.41, 5.74) is 7.30. The summed E-state index contributed by atoms with van der Waals surface area (Å²) in [4.78, 5) is 8.91. The van der Waals surface area contributed by atoms with E-state index >= 15 is 0 Å². The van der Waals surface area contributed by atoms with Crippen LogP contribution in [0.15, 0.2) is 34.4 Å². The Labute approximate surface area is 113 Å². The lowest BCUT2D eigenvalue weighted by atomic mass is 10.2. The van der Waals surface area contributed by atoms with E-state index in [1.807, 2.05) is 25.1 Å². The van der Waals surface area contributed by atoms with E-state index in [-0.39, 0.29) is 5.15 Å². The molecule has 0 unspecified atom stereocenters. The lowest BCUT2D eigenvalue weighted by molar-refractivity contribution is 1.05. The summed E-state index contributed by atoms with van der Waals surface area (Å²) in [5, 5.41) is 1.58. The van der Waals surface area contributed by atoms with Gasteiger partial charge in [-0.05, 0) is 24.6 Å². The average molecular weight is 286 g/mol. The number of nitrogen functional groups attached to an aromatic ring is 1. The summed E-state index contributed by atoms with van der Waals surface area (Å²) in [6.45, 7) is 2.00. The third-order valence-corrected chi connectivity index (χ3v) is 3.87. The zero-order valence-corrected chi connectivity index (χ0v) is 11.3. The van der Waals surface area contributed by atoms with Gasteiger partial charge in [0.2, 0.25) is 0 Å². The third-order valence-electron chi connectivity index (χ3n) is 2.16. The molecule has 2 rings (SSSR count). The maximum absolute atomic E-state index is 5.95. The van der Waals surface area contributed by atoms with Gasteiger partial charge >= 0.3 is 0 Å². The molecule has 3 nitrogen and oxygen atoms in total. The molecule has 0 radical (unpaired) electrons. The summed E-state index contributed by atoms with van der Waals surface area (Å²) in [5.74, 6) is 0. The zero-order chi connectivity index (χ0) is 12.4. The van der Waals surface area contributed by atoms with Crippen LogP contribution in [0.5, 0.6) is 0 Å². The molecule has 2 N–H and O–H groups in total. The van der Waals surface area contributed by atoms with Crippen LogP contribution in [0.3, 0.4) is 0 Å². The van der Waals surface area contributed by atoms with Crippen molar-refractivity contribution in [3.8, 4) is 0 Å². The molecule has 17 heavy (non-hydrogen) atoms. The fourth-order valence-electron chi connectivity index (χ4n) is 1.23. The van der Waals surface area contributed by atoms with Gasteiger partial charge in [0.1, 0.15) is 17.0 Å². The van der Waals surface area contributed by atoms with Gasteiger partial charge in [-0.2, -0.15) is 0 Å². The molecule has 0 amide bonds. The maximum Gasteiger partial charge on any atom is 0.156 e. The number of hydrogen-bond acceptors (Lipinski definition) is 4. The topological polar surface area (TPSA) is 51.8 Å². The Morgan fingerprint density at radius 3 is 2.76 bits per heavy atom. The van der Waals surface area contributed by atoms with Crippen LogP contribution in [0.4, 0.5) is 5.69 Å². The first-order valence-corrected chi connectivity index (χ1v) is 6.35. The van der Waals surface area contributed by atoms with Gasteiger partial charge in [0.25, 0.3) is 0 Å². The normalized spacial score (nSPS) is 10.5. The van der Waals surface area contributed by atoms with Crippen molar-refractivity contribution in [1.29, 1.82) is 0 Å². The van der Waals surface area contributed by atoms with Crippen LogP contribution in [0.1, 0.15) is 5.56 Å². The van der Waals surface area contributed by atoms with Crippen LogP contribution in [0, 0.1) is 6.92 Å². The lowest BCUT2D eigenvalue weighted by Crippen LogP contribution is -1.95. The molecule has 0 fully saturated rings. The average Bonchev–Trinajstić information content (AvgIpc) is 2.30. The Kier molecular flexibility index (Phi) is 3.76. The Morgan fingerprint density at radius 1 is 1.24 bits per heavy atom. The van der Waals surface area contributed by atoms with Crippen molar-refractivity contribution in [3.05, 3.63) is 40.3 Å². The molecular formula is C11H9Cl2N3S.